The van der Waals surface area contributed by atoms with Crippen LogP contribution < -0.4 is 0 Å². The lowest BCUT2D eigenvalue weighted by Crippen LogP contribution is -2.10. The number of rotatable bonds is 3. The zero-order valence-corrected chi connectivity index (χ0v) is 12.1. The number of hydrogen-bond acceptors (Lipinski definition) is 3. The van der Waals surface area contributed by atoms with Crippen molar-refractivity contribution >= 4 is 51.3 Å². The van der Waals surface area contributed by atoms with E-state index in [0.717, 1.165) is 2.88 Å². The summed E-state index contributed by atoms with van der Waals surface area (Å²) in [6, 6.07) is 1.86. The Hall–Kier alpha value is -0.400. The van der Waals surface area contributed by atoms with Crippen molar-refractivity contribution in [3.8, 4) is 0 Å². The lowest BCUT2D eigenvalue weighted by atomic mass is 10.1. The van der Waals surface area contributed by atoms with Crippen molar-refractivity contribution in [1.29, 1.82) is 0 Å². The molecule has 0 spiro atoms. The van der Waals surface area contributed by atoms with E-state index >= 15 is 0 Å². The summed E-state index contributed by atoms with van der Waals surface area (Å²) in [7, 11) is 0. The van der Waals surface area contributed by atoms with Crippen molar-refractivity contribution in [3.63, 3.8) is 0 Å². The SMILES string of the molecule is CCn1ncc(Cl)c1C(=O)c1csc(I)c1. The van der Waals surface area contributed by atoms with E-state index < -0.39 is 0 Å². The number of ketones is 1. The van der Waals surface area contributed by atoms with Gasteiger partial charge in [0.25, 0.3) is 0 Å². The van der Waals surface area contributed by atoms with Gasteiger partial charge >= 0.3 is 0 Å². The first kappa shape index (κ1) is 12.1. The van der Waals surface area contributed by atoms with Crippen molar-refractivity contribution in [2.75, 3.05) is 0 Å². The van der Waals surface area contributed by atoms with Gasteiger partial charge in [-0.1, -0.05) is 11.6 Å². The molecule has 84 valence electrons. The summed E-state index contributed by atoms with van der Waals surface area (Å²) < 4.78 is 2.70. The zero-order chi connectivity index (χ0) is 11.7. The molecule has 0 saturated heterocycles. The number of aryl methyl sites for hydroxylation is 1. The van der Waals surface area contributed by atoms with Crippen molar-refractivity contribution < 1.29 is 4.79 Å². The topological polar surface area (TPSA) is 34.9 Å². The predicted octanol–water partition coefficient (Wildman–Crippen LogP) is 3.45. The number of hydrogen-bond donors (Lipinski definition) is 0. The van der Waals surface area contributed by atoms with Gasteiger partial charge in [0.15, 0.2) is 0 Å². The molecular formula is C10H8ClIN2OS. The fraction of sp³-hybridized carbons (Fsp3) is 0.200. The third kappa shape index (κ3) is 2.16. The molecule has 0 aromatic carbocycles. The molecular weight excluding hydrogens is 359 g/mol. The third-order valence-corrected chi connectivity index (χ3v) is 4.20. The maximum absolute atomic E-state index is 12.2. The average molecular weight is 367 g/mol. The average Bonchev–Trinajstić information content (AvgIpc) is 2.83. The summed E-state index contributed by atoms with van der Waals surface area (Å²) in [5, 5.41) is 6.30. The Balaban J connectivity index is 2.44. The molecule has 0 aliphatic rings. The standard InChI is InChI=1S/C10H8ClIN2OS/c1-2-14-9(7(11)4-13-14)10(15)6-3-8(12)16-5-6/h3-5H,2H2,1H3. The first-order chi connectivity index (χ1) is 7.63. The van der Waals surface area contributed by atoms with E-state index in [-0.39, 0.29) is 5.78 Å². The highest BCUT2D eigenvalue weighted by Gasteiger charge is 2.19. The van der Waals surface area contributed by atoms with Gasteiger partial charge < -0.3 is 0 Å². The van der Waals surface area contributed by atoms with Gasteiger partial charge in [-0.2, -0.15) is 5.10 Å². The number of nitrogens with zero attached hydrogens (tertiary/aromatic N) is 2. The van der Waals surface area contributed by atoms with Crippen molar-refractivity contribution in [2.45, 2.75) is 13.5 Å². The monoisotopic (exact) mass is 366 g/mol. The molecule has 6 heteroatoms. The molecule has 0 fully saturated rings. The highest BCUT2D eigenvalue weighted by molar-refractivity contribution is 14.1. The second-order valence-corrected chi connectivity index (χ2v) is 6.34. The van der Waals surface area contributed by atoms with E-state index in [1.807, 2.05) is 18.4 Å². The molecule has 16 heavy (non-hydrogen) atoms. The van der Waals surface area contributed by atoms with E-state index in [0.29, 0.717) is 22.8 Å². The van der Waals surface area contributed by atoms with Gasteiger partial charge in [-0.3, -0.25) is 9.48 Å². The molecule has 0 N–H and O–H groups in total. The first-order valence-corrected chi connectivity index (χ1v) is 6.97. The summed E-state index contributed by atoms with van der Waals surface area (Å²) in [5.41, 5.74) is 1.14. The van der Waals surface area contributed by atoms with E-state index in [1.165, 1.54) is 6.20 Å². The molecule has 0 radical (unpaired) electrons. The minimum atomic E-state index is -0.0662. The van der Waals surface area contributed by atoms with E-state index in [2.05, 4.69) is 27.7 Å². The van der Waals surface area contributed by atoms with Gasteiger partial charge in [0, 0.05) is 17.5 Å². The molecule has 3 nitrogen and oxygen atoms in total. The molecule has 0 atom stereocenters. The van der Waals surface area contributed by atoms with Gasteiger partial charge in [-0.25, -0.2) is 0 Å². The molecule has 0 aliphatic carbocycles. The Bertz CT molecular complexity index is 535. The summed E-state index contributed by atoms with van der Waals surface area (Å²) in [4.78, 5) is 12.2. The number of carbonyl (C=O) groups is 1. The lowest BCUT2D eigenvalue weighted by Gasteiger charge is -2.02. The van der Waals surface area contributed by atoms with Crippen LogP contribution in [0.25, 0.3) is 0 Å². The number of thiophene rings is 1. The second kappa shape index (κ2) is 4.85. The Labute approximate surface area is 116 Å². The normalized spacial score (nSPS) is 10.7. The fourth-order valence-electron chi connectivity index (χ4n) is 1.39. The molecule has 0 bridgehead atoms. The zero-order valence-electron chi connectivity index (χ0n) is 8.41. The van der Waals surface area contributed by atoms with Crippen molar-refractivity contribution in [2.24, 2.45) is 0 Å². The maximum Gasteiger partial charge on any atom is 0.213 e. The van der Waals surface area contributed by atoms with Crippen LogP contribution >= 0.6 is 45.5 Å². The molecule has 0 unspecified atom stereocenters. The third-order valence-electron chi connectivity index (χ3n) is 2.14. The van der Waals surface area contributed by atoms with E-state index in [9.17, 15) is 4.79 Å². The van der Waals surface area contributed by atoms with E-state index in [1.54, 1.807) is 16.0 Å². The summed E-state index contributed by atoms with van der Waals surface area (Å²) >= 11 is 9.70. The Morgan fingerprint density at radius 2 is 2.44 bits per heavy atom. The molecule has 0 aliphatic heterocycles. The van der Waals surface area contributed by atoms with Gasteiger partial charge in [-0.15, -0.1) is 11.3 Å². The molecule has 2 aromatic heterocycles. The van der Waals surface area contributed by atoms with Crippen molar-refractivity contribution in [3.05, 3.63) is 36.8 Å². The summed E-state index contributed by atoms with van der Waals surface area (Å²) in [5.74, 6) is -0.0662. The molecule has 2 rings (SSSR count). The predicted molar refractivity (Wildman–Crippen MR) is 73.4 cm³/mol. The Morgan fingerprint density at radius 1 is 1.69 bits per heavy atom. The van der Waals surface area contributed by atoms with Gasteiger partial charge in [0.2, 0.25) is 5.78 Å². The summed E-state index contributed by atoms with van der Waals surface area (Å²) in [6.45, 7) is 2.56. The quantitative estimate of drug-likeness (QED) is 0.616. The maximum atomic E-state index is 12.2. The van der Waals surface area contributed by atoms with Crippen LogP contribution in [-0.2, 0) is 6.54 Å². The minimum absolute atomic E-state index is 0.0662. The van der Waals surface area contributed by atoms with E-state index in [4.69, 9.17) is 11.6 Å². The number of carbonyl (C=O) groups excluding carboxylic acids is 1. The van der Waals surface area contributed by atoms with Gasteiger partial charge in [0.1, 0.15) is 5.69 Å². The Morgan fingerprint density at radius 3 is 3.00 bits per heavy atom. The first-order valence-electron chi connectivity index (χ1n) is 4.63. The molecule has 0 saturated carbocycles. The molecule has 2 heterocycles. The van der Waals surface area contributed by atoms with Crippen molar-refractivity contribution in [1.82, 2.24) is 9.78 Å². The van der Waals surface area contributed by atoms with Crippen LogP contribution in [0.3, 0.4) is 0 Å². The van der Waals surface area contributed by atoms with Gasteiger partial charge in [0.05, 0.1) is 14.1 Å². The number of aromatic nitrogens is 2. The second-order valence-electron chi connectivity index (χ2n) is 3.13. The van der Waals surface area contributed by atoms with Gasteiger partial charge in [-0.05, 0) is 35.6 Å². The van der Waals surface area contributed by atoms with Crippen LogP contribution in [0, 0.1) is 2.88 Å². The van der Waals surface area contributed by atoms with Crippen LogP contribution in [0.15, 0.2) is 17.6 Å². The fourth-order valence-corrected chi connectivity index (χ4v) is 2.95. The van der Waals surface area contributed by atoms with Crippen LogP contribution in [0.4, 0.5) is 0 Å². The Kier molecular flexibility index (Phi) is 3.66. The summed E-state index contributed by atoms with van der Waals surface area (Å²) in [6.07, 6.45) is 1.51. The highest BCUT2D eigenvalue weighted by Crippen LogP contribution is 2.23. The van der Waals surface area contributed by atoms with Crippen LogP contribution in [0.5, 0.6) is 0 Å². The van der Waals surface area contributed by atoms with Crippen LogP contribution in [-0.4, -0.2) is 15.6 Å². The minimum Gasteiger partial charge on any atom is -0.287 e. The smallest absolute Gasteiger partial charge is 0.213 e. The van der Waals surface area contributed by atoms with Crippen LogP contribution in [0.2, 0.25) is 5.02 Å². The number of halogens is 2. The molecule has 0 amide bonds. The largest absolute Gasteiger partial charge is 0.287 e. The van der Waals surface area contributed by atoms with Crippen LogP contribution in [0.1, 0.15) is 23.0 Å². The lowest BCUT2D eigenvalue weighted by molar-refractivity contribution is 0.102. The highest BCUT2D eigenvalue weighted by atomic mass is 127. The molecule has 2 aromatic rings.